The van der Waals surface area contributed by atoms with Crippen LogP contribution in [0.3, 0.4) is 0 Å². The Morgan fingerprint density at radius 1 is 1.27 bits per heavy atom. The van der Waals surface area contributed by atoms with E-state index in [-0.39, 0.29) is 11.3 Å². The summed E-state index contributed by atoms with van der Waals surface area (Å²) in [7, 11) is 0. The molecule has 1 unspecified atom stereocenters. The average Bonchev–Trinajstić information content (AvgIpc) is 2.44. The first-order valence-corrected chi connectivity index (χ1v) is 7.17. The highest BCUT2D eigenvalue weighted by molar-refractivity contribution is 8.15. The number of nitrogens with one attached hydrogen (secondary N) is 1. The molecule has 1 aromatic carbocycles. The number of hydrogen-bond donors (Lipinski definition) is 2. The number of carboxylic acid groups (broad SMARTS) is 1. The van der Waals surface area contributed by atoms with Crippen molar-refractivity contribution in [3.05, 3.63) is 29.8 Å². The number of carbonyl (C=O) groups excluding carboxylic acids is 3. The molecule has 118 valence electrons. The van der Waals surface area contributed by atoms with Crippen molar-refractivity contribution in [2.45, 2.75) is 19.1 Å². The molecule has 1 amide bonds. The predicted octanol–water partition coefficient (Wildman–Crippen LogP) is 1.07. The van der Waals surface area contributed by atoms with Gasteiger partial charge in [0.1, 0.15) is 12.3 Å². The number of carbonyl (C=O) groups is 4. The fraction of sp³-hybridized carbons (Fsp3) is 0.286. The molecule has 0 spiro atoms. The average molecular weight is 325 g/mol. The van der Waals surface area contributed by atoms with Crippen molar-refractivity contribution in [3.8, 4) is 5.75 Å². The molecule has 0 fully saturated rings. The molecule has 0 bridgehead atoms. The highest BCUT2D eigenvalue weighted by Gasteiger charge is 2.21. The number of amides is 1. The Morgan fingerprint density at radius 3 is 2.50 bits per heavy atom. The summed E-state index contributed by atoms with van der Waals surface area (Å²) in [5.74, 6) is -2.18. The summed E-state index contributed by atoms with van der Waals surface area (Å²) in [6.07, 6.45) is 0. The molecule has 0 aromatic heterocycles. The van der Waals surface area contributed by atoms with E-state index in [0.29, 0.717) is 0 Å². The monoisotopic (exact) mass is 325 g/mol. The lowest BCUT2D eigenvalue weighted by molar-refractivity contribution is -0.137. The molecule has 8 heteroatoms. The van der Waals surface area contributed by atoms with Crippen LogP contribution in [0.4, 0.5) is 0 Å². The third-order valence-electron chi connectivity index (χ3n) is 2.43. The van der Waals surface area contributed by atoms with Crippen LogP contribution >= 0.6 is 11.8 Å². The molecule has 22 heavy (non-hydrogen) atoms. The van der Waals surface area contributed by atoms with Crippen LogP contribution in [0.1, 0.15) is 24.2 Å². The summed E-state index contributed by atoms with van der Waals surface area (Å²) in [6.45, 7) is 2.19. The van der Waals surface area contributed by atoms with Crippen molar-refractivity contribution in [3.63, 3.8) is 0 Å². The van der Waals surface area contributed by atoms with Gasteiger partial charge in [-0.05, 0) is 19.1 Å². The molecule has 0 aliphatic rings. The van der Waals surface area contributed by atoms with Crippen molar-refractivity contribution in [2.75, 3.05) is 6.54 Å². The number of thioether (sulfide) groups is 1. The highest BCUT2D eigenvalue weighted by Crippen LogP contribution is 2.25. The molecule has 0 aliphatic heterocycles. The Kier molecular flexibility index (Phi) is 6.58. The van der Waals surface area contributed by atoms with Gasteiger partial charge in [0, 0.05) is 6.92 Å². The second kappa shape index (κ2) is 8.18. The summed E-state index contributed by atoms with van der Waals surface area (Å²) in [5, 5.41) is 9.45. The lowest BCUT2D eigenvalue weighted by Crippen LogP contribution is -2.35. The molecule has 0 heterocycles. The molecule has 1 atom stereocenters. The predicted molar refractivity (Wildman–Crippen MR) is 79.8 cm³/mol. The van der Waals surface area contributed by atoms with Crippen molar-refractivity contribution < 1.29 is 29.0 Å². The van der Waals surface area contributed by atoms with Crippen LogP contribution in [0.15, 0.2) is 24.3 Å². The number of benzene rings is 1. The van der Waals surface area contributed by atoms with Gasteiger partial charge in [-0.2, -0.15) is 0 Å². The lowest BCUT2D eigenvalue weighted by atomic mass is 10.2. The minimum absolute atomic E-state index is 0.116. The van der Waals surface area contributed by atoms with Crippen LogP contribution in [-0.2, 0) is 14.4 Å². The molecular formula is C14H15NO6S. The zero-order valence-corrected chi connectivity index (χ0v) is 12.8. The zero-order chi connectivity index (χ0) is 16.7. The number of esters is 1. The fourth-order valence-corrected chi connectivity index (χ4v) is 2.27. The largest absolute Gasteiger partial charge is 0.480 e. The van der Waals surface area contributed by atoms with Gasteiger partial charge < -0.3 is 15.2 Å². The second-order valence-electron chi connectivity index (χ2n) is 4.25. The number of carboxylic acids is 1. The SMILES string of the molecule is CC(=O)Oc1ccccc1C(=O)SC(C)C(=O)NCC(=O)O. The summed E-state index contributed by atoms with van der Waals surface area (Å²) in [5.41, 5.74) is 0.167. The number of aliphatic carboxylic acids is 1. The molecule has 0 aliphatic carbocycles. The quantitative estimate of drug-likeness (QED) is 0.594. The van der Waals surface area contributed by atoms with Gasteiger partial charge in [-0.3, -0.25) is 19.2 Å². The summed E-state index contributed by atoms with van der Waals surface area (Å²) < 4.78 is 4.94. The van der Waals surface area contributed by atoms with Gasteiger partial charge in [-0.1, -0.05) is 23.9 Å². The van der Waals surface area contributed by atoms with E-state index in [2.05, 4.69) is 5.32 Å². The van der Waals surface area contributed by atoms with Crippen LogP contribution in [-0.4, -0.2) is 39.9 Å². The molecule has 2 N–H and O–H groups in total. The zero-order valence-electron chi connectivity index (χ0n) is 12.0. The first-order valence-electron chi connectivity index (χ1n) is 6.29. The van der Waals surface area contributed by atoms with E-state index in [1.165, 1.54) is 26.0 Å². The van der Waals surface area contributed by atoms with Crippen LogP contribution < -0.4 is 10.1 Å². The van der Waals surface area contributed by atoms with Gasteiger partial charge in [0.2, 0.25) is 11.0 Å². The number of rotatable bonds is 6. The minimum Gasteiger partial charge on any atom is -0.480 e. The molecule has 1 rings (SSSR count). The van der Waals surface area contributed by atoms with Crippen molar-refractivity contribution in [1.29, 1.82) is 0 Å². The van der Waals surface area contributed by atoms with E-state index in [1.54, 1.807) is 12.1 Å². The molecule has 0 saturated carbocycles. The van der Waals surface area contributed by atoms with Crippen molar-refractivity contribution in [1.82, 2.24) is 5.32 Å². The first-order chi connectivity index (χ1) is 10.3. The normalized spacial score (nSPS) is 11.4. The highest BCUT2D eigenvalue weighted by atomic mass is 32.2. The maximum Gasteiger partial charge on any atom is 0.322 e. The summed E-state index contributed by atoms with van der Waals surface area (Å²) in [6, 6.07) is 6.18. The van der Waals surface area contributed by atoms with E-state index >= 15 is 0 Å². The minimum atomic E-state index is -1.17. The summed E-state index contributed by atoms with van der Waals surface area (Å²) >= 11 is 0.719. The van der Waals surface area contributed by atoms with E-state index < -0.39 is 34.8 Å². The van der Waals surface area contributed by atoms with Crippen molar-refractivity contribution >= 4 is 34.7 Å². The van der Waals surface area contributed by atoms with Crippen molar-refractivity contribution in [2.24, 2.45) is 0 Å². The Hall–Kier alpha value is -2.35. The van der Waals surface area contributed by atoms with Gasteiger partial charge >= 0.3 is 11.9 Å². The Labute approximate surface area is 131 Å². The second-order valence-corrected chi connectivity index (χ2v) is 5.56. The third-order valence-corrected chi connectivity index (χ3v) is 3.43. The molecule has 7 nitrogen and oxygen atoms in total. The van der Waals surface area contributed by atoms with E-state index in [0.717, 1.165) is 11.8 Å². The van der Waals surface area contributed by atoms with Crippen LogP contribution in [0.2, 0.25) is 0 Å². The molecule has 0 saturated heterocycles. The lowest BCUT2D eigenvalue weighted by Gasteiger charge is -2.11. The standard InChI is InChI=1S/C14H15NO6S/c1-8(13(19)15-7-12(17)18)22-14(20)10-5-3-4-6-11(10)21-9(2)16/h3-6,8H,7H2,1-2H3,(H,15,19)(H,17,18). The smallest absolute Gasteiger partial charge is 0.322 e. The Bertz CT molecular complexity index is 601. The Morgan fingerprint density at radius 2 is 1.91 bits per heavy atom. The van der Waals surface area contributed by atoms with Gasteiger partial charge in [0.15, 0.2) is 0 Å². The number of ether oxygens (including phenoxy) is 1. The fourth-order valence-electron chi connectivity index (χ4n) is 1.46. The van der Waals surface area contributed by atoms with Gasteiger partial charge in [-0.15, -0.1) is 0 Å². The van der Waals surface area contributed by atoms with Crippen LogP contribution in [0.25, 0.3) is 0 Å². The van der Waals surface area contributed by atoms with Gasteiger partial charge in [0.05, 0.1) is 10.8 Å². The third kappa shape index (κ3) is 5.57. The maximum absolute atomic E-state index is 12.2. The van der Waals surface area contributed by atoms with E-state index in [1.807, 2.05) is 0 Å². The Balaban J connectivity index is 2.74. The summed E-state index contributed by atoms with van der Waals surface area (Å²) in [4.78, 5) is 45.2. The molecular weight excluding hydrogens is 310 g/mol. The molecule has 0 radical (unpaired) electrons. The topological polar surface area (TPSA) is 110 Å². The number of hydrogen-bond acceptors (Lipinski definition) is 6. The molecule has 1 aromatic rings. The van der Waals surface area contributed by atoms with Crippen LogP contribution in [0, 0.1) is 0 Å². The van der Waals surface area contributed by atoms with E-state index in [4.69, 9.17) is 9.84 Å². The number of para-hydroxylation sites is 1. The van der Waals surface area contributed by atoms with Gasteiger partial charge in [-0.25, -0.2) is 0 Å². The van der Waals surface area contributed by atoms with Crippen LogP contribution in [0.5, 0.6) is 5.75 Å². The maximum atomic E-state index is 12.2. The van der Waals surface area contributed by atoms with E-state index in [9.17, 15) is 19.2 Å². The first kappa shape index (κ1) is 17.7. The van der Waals surface area contributed by atoms with Gasteiger partial charge in [0.25, 0.3) is 0 Å².